The second-order valence-electron chi connectivity index (χ2n) is 4.47. The first-order valence-corrected chi connectivity index (χ1v) is 6.05. The predicted molar refractivity (Wildman–Crippen MR) is 65.2 cm³/mol. The van der Waals surface area contributed by atoms with Crippen LogP contribution in [0.4, 0.5) is 5.82 Å². The fourth-order valence-corrected chi connectivity index (χ4v) is 2.29. The molecule has 2 rings (SSSR count). The fourth-order valence-electron chi connectivity index (χ4n) is 2.29. The van der Waals surface area contributed by atoms with Crippen LogP contribution < -0.4 is 10.6 Å². The minimum absolute atomic E-state index is 0.459. The van der Waals surface area contributed by atoms with Gasteiger partial charge in [0.2, 0.25) is 0 Å². The van der Waals surface area contributed by atoms with E-state index < -0.39 is 0 Å². The van der Waals surface area contributed by atoms with E-state index in [1.165, 1.54) is 32.1 Å². The maximum absolute atomic E-state index is 5.50. The molecule has 0 unspecified atom stereocenters. The molecule has 88 valence electrons. The normalized spacial score (nSPS) is 17.4. The maximum Gasteiger partial charge on any atom is 0.147 e. The predicted octanol–water partition coefficient (Wildman–Crippen LogP) is 1.70. The van der Waals surface area contributed by atoms with Gasteiger partial charge in [-0.1, -0.05) is 19.3 Å². The van der Waals surface area contributed by atoms with Gasteiger partial charge in [0.1, 0.15) is 5.82 Å². The van der Waals surface area contributed by atoms with E-state index in [9.17, 15) is 0 Å². The van der Waals surface area contributed by atoms with Crippen LogP contribution in [-0.2, 0) is 6.54 Å². The monoisotopic (exact) mass is 220 g/mol. The summed E-state index contributed by atoms with van der Waals surface area (Å²) in [7, 11) is 2.11. The van der Waals surface area contributed by atoms with E-state index >= 15 is 0 Å². The van der Waals surface area contributed by atoms with Gasteiger partial charge in [-0.2, -0.15) is 0 Å². The lowest BCUT2D eigenvalue weighted by Gasteiger charge is -2.31. The molecule has 1 aliphatic rings. The van der Waals surface area contributed by atoms with E-state index in [0.717, 1.165) is 11.5 Å². The molecular formula is C12H20N4. The highest BCUT2D eigenvalue weighted by molar-refractivity contribution is 5.36. The molecule has 4 heteroatoms. The molecule has 1 heterocycles. The number of anilines is 1. The third kappa shape index (κ3) is 2.50. The zero-order valence-corrected chi connectivity index (χ0v) is 9.89. The van der Waals surface area contributed by atoms with Crippen LogP contribution in [0.15, 0.2) is 12.4 Å². The summed E-state index contributed by atoms with van der Waals surface area (Å²) in [6.07, 6.45) is 10.2. The molecule has 0 atom stereocenters. The summed E-state index contributed by atoms with van der Waals surface area (Å²) in [6, 6.07) is 0.631. The van der Waals surface area contributed by atoms with Gasteiger partial charge in [-0.25, -0.2) is 4.98 Å². The zero-order valence-electron chi connectivity index (χ0n) is 9.89. The molecule has 0 spiro atoms. The molecule has 1 saturated carbocycles. The fraction of sp³-hybridized carbons (Fsp3) is 0.667. The number of nitrogens with two attached hydrogens (primary N) is 1. The molecule has 1 aliphatic carbocycles. The van der Waals surface area contributed by atoms with Gasteiger partial charge >= 0.3 is 0 Å². The smallest absolute Gasteiger partial charge is 0.147 e. The lowest BCUT2D eigenvalue weighted by atomic mass is 9.94. The van der Waals surface area contributed by atoms with Crippen LogP contribution in [0, 0.1) is 0 Å². The van der Waals surface area contributed by atoms with E-state index in [0.29, 0.717) is 12.6 Å². The molecule has 1 aromatic rings. The Morgan fingerprint density at radius 1 is 1.25 bits per heavy atom. The molecule has 1 fully saturated rings. The minimum Gasteiger partial charge on any atom is -0.355 e. The Balaban J connectivity index is 2.04. The van der Waals surface area contributed by atoms with E-state index in [1.807, 2.05) is 6.20 Å². The largest absolute Gasteiger partial charge is 0.355 e. The summed E-state index contributed by atoms with van der Waals surface area (Å²) in [5, 5.41) is 0. The van der Waals surface area contributed by atoms with Crippen LogP contribution in [-0.4, -0.2) is 23.1 Å². The number of hydrogen-bond donors (Lipinski definition) is 1. The van der Waals surface area contributed by atoms with Crippen molar-refractivity contribution in [2.24, 2.45) is 5.73 Å². The van der Waals surface area contributed by atoms with Gasteiger partial charge in [0.25, 0.3) is 0 Å². The van der Waals surface area contributed by atoms with Crippen molar-refractivity contribution in [3.05, 3.63) is 18.1 Å². The Hall–Kier alpha value is -1.16. The van der Waals surface area contributed by atoms with Crippen molar-refractivity contribution in [3.8, 4) is 0 Å². The molecule has 0 bridgehead atoms. The van der Waals surface area contributed by atoms with Crippen molar-refractivity contribution in [1.29, 1.82) is 0 Å². The van der Waals surface area contributed by atoms with Gasteiger partial charge in [-0.15, -0.1) is 0 Å². The zero-order chi connectivity index (χ0) is 11.4. The van der Waals surface area contributed by atoms with Crippen LogP contribution in [0.2, 0.25) is 0 Å². The average Bonchev–Trinajstić information content (AvgIpc) is 2.39. The molecule has 4 nitrogen and oxygen atoms in total. The highest BCUT2D eigenvalue weighted by atomic mass is 15.2. The molecule has 0 aromatic carbocycles. The SMILES string of the molecule is CN(c1cnc(CN)cn1)C1CCCCC1. The van der Waals surface area contributed by atoms with Gasteiger partial charge in [0.05, 0.1) is 18.1 Å². The topological polar surface area (TPSA) is 55.0 Å². The van der Waals surface area contributed by atoms with Crippen LogP contribution in [0.1, 0.15) is 37.8 Å². The second kappa shape index (κ2) is 5.25. The van der Waals surface area contributed by atoms with Crippen molar-refractivity contribution < 1.29 is 0 Å². The van der Waals surface area contributed by atoms with Gasteiger partial charge in [0, 0.05) is 19.6 Å². The number of rotatable bonds is 3. The molecular weight excluding hydrogens is 200 g/mol. The molecule has 0 saturated heterocycles. The number of hydrogen-bond acceptors (Lipinski definition) is 4. The Morgan fingerprint density at radius 3 is 2.56 bits per heavy atom. The molecule has 2 N–H and O–H groups in total. The Morgan fingerprint density at radius 2 is 2.00 bits per heavy atom. The summed E-state index contributed by atoms with van der Waals surface area (Å²) < 4.78 is 0. The number of nitrogens with zero attached hydrogens (tertiary/aromatic N) is 3. The Bertz CT molecular complexity index is 316. The Labute approximate surface area is 96.9 Å². The van der Waals surface area contributed by atoms with Crippen molar-refractivity contribution in [1.82, 2.24) is 9.97 Å². The minimum atomic E-state index is 0.459. The van der Waals surface area contributed by atoms with Gasteiger partial charge in [-0.3, -0.25) is 4.98 Å². The van der Waals surface area contributed by atoms with Crippen LogP contribution in [0.5, 0.6) is 0 Å². The van der Waals surface area contributed by atoms with Crippen LogP contribution in [0.3, 0.4) is 0 Å². The molecule has 0 aliphatic heterocycles. The van der Waals surface area contributed by atoms with Gasteiger partial charge < -0.3 is 10.6 Å². The van der Waals surface area contributed by atoms with Crippen molar-refractivity contribution in [2.75, 3.05) is 11.9 Å². The summed E-state index contributed by atoms with van der Waals surface area (Å²) in [6.45, 7) is 0.459. The molecule has 0 amide bonds. The summed E-state index contributed by atoms with van der Waals surface area (Å²) in [4.78, 5) is 10.9. The third-order valence-electron chi connectivity index (χ3n) is 3.38. The Kier molecular flexibility index (Phi) is 3.72. The van der Waals surface area contributed by atoms with Crippen molar-refractivity contribution >= 4 is 5.82 Å². The molecule has 1 aromatic heterocycles. The highest BCUT2D eigenvalue weighted by Crippen LogP contribution is 2.24. The van der Waals surface area contributed by atoms with E-state index in [-0.39, 0.29) is 0 Å². The second-order valence-corrected chi connectivity index (χ2v) is 4.47. The van der Waals surface area contributed by atoms with Crippen LogP contribution >= 0.6 is 0 Å². The first kappa shape index (κ1) is 11.3. The standard InChI is InChI=1S/C12H20N4/c1-16(11-5-3-2-4-6-11)12-9-14-10(7-13)8-15-12/h8-9,11H,2-7,13H2,1H3. The first-order valence-electron chi connectivity index (χ1n) is 6.05. The maximum atomic E-state index is 5.50. The first-order chi connectivity index (χ1) is 7.81. The lowest BCUT2D eigenvalue weighted by molar-refractivity contribution is 0.425. The molecule has 16 heavy (non-hydrogen) atoms. The van der Waals surface area contributed by atoms with Gasteiger partial charge in [-0.05, 0) is 12.8 Å². The summed E-state index contributed by atoms with van der Waals surface area (Å²) in [5.41, 5.74) is 6.35. The quantitative estimate of drug-likeness (QED) is 0.842. The van der Waals surface area contributed by atoms with Gasteiger partial charge in [0.15, 0.2) is 0 Å². The molecule has 0 radical (unpaired) electrons. The summed E-state index contributed by atoms with van der Waals surface area (Å²) in [5.74, 6) is 0.962. The highest BCUT2D eigenvalue weighted by Gasteiger charge is 2.19. The van der Waals surface area contributed by atoms with E-state index in [2.05, 4.69) is 21.9 Å². The third-order valence-corrected chi connectivity index (χ3v) is 3.38. The lowest BCUT2D eigenvalue weighted by Crippen LogP contribution is -2.34. The van der Waals surface area contributed by atoms with E-state index in [4.69, 9.17) is 5.73 Å². The average molecular weight is 220 g/mol. The summed E-state index contributed by atoms with van der Waals surface area (Å²) >= 11 is 0. The number of aromatic nitrogens is 2. The van der Waals surface area contributed by atoms with Crippen molar-refractivity contribution in [2.45, 2.75) is 44.7 Å². The van der Waals surface area contributed by atoms with Crippen molar-refractivity contribution in [3.63, 3.8) is 0 Å². The van der Waals surface area contributed by atoms with Crippen LogP contribution in [0.25, 0.3) is 0 Å². The van der Waals surface area contributed by atoms with E-state index in [1.54, 1.807) is 6.20 Å².